The van der Waals surface area contributed by atoms with Gasteiger partial charge in [0.25, 0.3) is 0 Å². The number of nitrogens with one attached hydrogen (secondary N) is 2. The van der Waals surface area contributed by atoms with Gasteiger partial charge in [-0.2, -0.15) is 0 Å². The number of aromatic nitrogens is 1. The van der Waals surface area contributed by atoms with Gasteiger partial charge in [-0.1, -0.05) is 6.42 Å². The van der Waals surface area contributed by atoms with E-state index in [1.54, 1.807) is 12.3 Å². The van der Waals surface area contributed by atoms with Gasteiger partial charge in [0, 0.05) is 29.6 Å². The predicted molar refractivity (Wildman–Crippen MR) is 78.3 cm³/mol. The summed E-state index contributed by atoms with van der Waals surface area (Å²) in [7, 11) is 0. The number of hydrogen-bond acceptors (Lipinski definition) is 2. The molecule has 1 aliphatic carbocycles. The van der Waals surface area contributed by atoms with Crippen molar-refractivity contribution in [1.82, 2.24) is 10.3 Å². The Morgan fingerprint density at radius 1 is 1.43 bits per heavy atom. The molecule has 3 N–H and O–H groups in total. The number of amides is 1. The van der Waals surface area contributed by atoms with Crippen molar-refractivity contribution in [2.75, 3.05) is 6.54 Å². The molecule has 5 heteroatoms. The highest BCUT2D eigenvalue weighted by molar-refractivity contribution is 5.88. The first-order chi connectivity index (χ1) is 10.1. The number of rotatable bonds is 4. The van der Waals surface area contributed by atoms with E-state index in [2.05, 4.69) is 10.3 Å². The van der Waals surface area contributed by atoms with Gasteiger partial charge in [0.2, 0.25) is 5.91 Å². The van der Waals surface area contributed by atoms with Gasteiger partial charge in [0.05, 0.1) is 12.5 Å². The highest BCUT2D eigenvalue weighted by Gasteiger charge is 2.25. The van der Waals surface area contributed by atoms with Crippen molar-refractivity contribution < 1.29 is 14.3 Å². The van der Waals surface area contributed by atoms with E-state index in [1.807, 2.05) is 0 Å². The van der Waals surface area contributed by atoms with Crippen LogP contribution in [0.2, 0.25) is 0 Å². The molecule has 21 heavy (non-hydrogen) atoms. The average molecular weight is 290 g/mol. The summed E-state index contributed by atoms with van der Waals surface area (Å²) in [4.78, 5) is 15.0. The second-order valence-electron chi connectivity index (χ2n) is 5.74. The summed E-state index contributed by atoms with van der Waals surface area (Å²) in [6, 6.07) is 4.50. The summed E-state index contributed by atoms with van der Waals surface area (Å²) in [5.74, 6) is -0.244. The smallest absolute Gasteiger partial charge is 0.224 e. The Morgan fingerprint density at radius 2 is 2.29 bits per heavy atom. The van der Waals surface area contributed by atoms with Crippen molar-refractivity contribution in [2.45, 2.75) is 31.8 Å². The van der Waals surface area contributed by atoms with Crippen LogP contribution in [0, 0.1) is 11.7 Å². The van der Waals surface area contributed by atoms with Crippen LogP contribution in [0.4, 0.5) is 4.39 Å². The van der Waals surface area contributed by atoms with Gasteiger partial charge in [0.15, 0.2) is 0 Å². The second-order valence-corrected chi connectivity index (χ2v) is 5.74. The van der Waals surface area contributed by atoms with Crippen LogP contribution >= 0.6 is 0 Å². The molecule has 1 amide bonds. The summed E-state index contributed by atoms with van der Waals surface area (Å²) in [6.45, 7) is 0.511. The molecule has 1 heterocycles. The lowest BCUT2D eigenvalue weighted by Crippen LogP contribution is -2.33. The van der Waals surface area contributed by atoms with E-state index in [-0.39, 0.29) is 30.2 Å². The Hall–Kier alpha value is -1.88. The molecule has 1 fully saturated rings. The molecule has 4 nitrogen and oxygen atoms in total. The maximum Gasteiger partial charge on any atom is 0.224 e. The van der Waals surface area contributed by atoms with Crippen molar-refractivity contribution >= 4 is 16.8 Å². The van der Waals surface area contributed by atoms with Crippen molar-refractivity contribution in [1.29, 1.82) is 0 Å². The Morgan fingerprint density at radius 3 is 3.05 bits per heavy atom. The molecule has 1 saturated carbocycles. The molecule has 2 aromatic rings. The van der Waals surface area contributed by atoms with Gasteiger partial charge in [0.1, 0.15) is 5.82 Å². The average Bonchev–Trinajstić information content (AvgIpc) is 3.03. The van der Waals surface area contributed by atoms with Gasteiger partial charge >= 0.3 is 0 Å². The minimum absolute atomic E-state index is 0.0979. The predicted octanol–water partition coefficient (Wildman–Crippen LogP) is 2.13. The zero-order chi connectivity index (χ0) is 14.8. The molecule has 1 aliphatic rings. The Labute approximate surface area is 122 Å². The van der Waals surface area contributed by atoms with E-state index >= 15 is 0 Å². The number of H-pyrrole nitrogens is 1. The Bertz CT molecular complexity index is 653. The van der Waals surface area contributed by atoms with Crippen LogP contribution in [0.5, 0.6) is 0 Å². The molecule has 3 rings (SSSR count). The van der Waals surface area contributed by atoms with E-state index in [0.29, 0.717) is 6.54 Å². The maximum atomic E-state index is 13.3. The van der Waals surface area contributed by atoms with E-state index < -0.39 is 0 Å². The second kappa shape index (κ2) is 5.85. The van der Waals surface area contributed by atoms with Crippen LogP contribution in [-0.2, 0) is 11.2 Å². The molecule has 1 aromatic carbocycles. The van der Waals surface area contributed by atoms with Gasteiger partial charge in [-0.3, -0.25) is 4.79 Å². The van der Waals surface area contributed by atoms with Crippen LogP contribution in [0.15, 0.2) is 24.4 Å². The monoisotopic (exact) mass is 290 g/mol. The summed E-state index contributed by atoms with van der Waals surface area (Å²) in [5.41, 5.74) is 1.61. The first-order valence-electron chi connectivity index (χ1n) is 7.34. The third kappa shape index (κ3) is 3.08. The number of aliphatic hydroxyl groups excluding tert-OH is 1. The van der Waals surface area contributed by atoms with Crippen molar-refractivity contribution in [3.8, 4) is 0 Å². The lowest BCUT2D eigenvalue weighted by atomic mass is 10.1. The summed E-state index contributed by atoms with van der Waals surface area (Å²) in [6.07, 6.45) is 4.46. The number of hydrogen-bond donors (Lipinski definition) is 3. The number of aliphatic hydroxyl groups is 1. The molecule has 112 valence electrons. The van der Waals surface area contributed by atoms with Gasteiger partial charge in [-0.25, -0.2) is 4.39 Å². The molecule has 0 bridgehead atoms. The van der Waals surface area contributed by atoms with Crippen LogP contribution in [-0.4, -0.2) is 28.6 Å². The molecule has 0 radical (unpaired) electrons. The molecule has 1 aromatic heterocycles. The van der Waals surface area contributed by atoms with Crippen LogP contribution in [0.25, 0.3) is 10.9 Å². The third-order valence-electron chi connectivity index (χ3n) is 4.26. The number of carbonyl (C=O) groups is 1. The first kappa shape index (κ1) is 14.1. The number of fused-ring (bicyclic) bond motifs is 1. The topological polar surface area (TPSA) is 65.1 Å². The molecule has 0 saturated heterocycles. The number of carbonyl (C=O) groups excluding carboxylic acids is 1. The lowest BCUT2D eigenvalue weighted by Gasteiger charge is -2.14. The quantitative estimate of drug-likeness (QED) is 0.807. The number of benzene rings is 1. The molecule has 0 spiro atoms. The molecule has 2 unspecified atom stereocenters. The van der Waals surface area contributed by atoms with Crippen molar-refractivity contribution in [2.24, 2.45) is 5.92 Å². The Kier molecular flexibility index (Phi) is 3.92. The van der Waals surface area contributed by atoms with Crippen LogP contribution in [0.1, 0.15) is 24.8 Å². The fourth-order valence-electron chi connectivity index (χ4n) is 3.03. The van der Waals surface area contributed by atoms with Gasteiger partial charge in [-0.05, 0) is 36.6 Å². The highest BCUT2D eigenvalue weighted by atomic mass is 19.1. The van der Waals surface area contributed by atoms with E-state index in [1.165, 1.54) is 12.1 Å². The molecular formula is C16H19FN2O2. The standard InChI is InChI=1S/C16H19FN2O2/c17-12-4-5-14-13(7-12)11(9-18-14)6-16(21)19-8-10-2-1-3-15(10)20/h4-5,7,9-10,15,18,20H,1-3,6,8H2,(H,19,21). The summed E-state index contributed by atoms with van der Waals surface area (Å²) >= 11 is 0. The fourth-order valence-corrected chi connectivity index (χ4v) is 3.03. The first-order valence-corrected chi connectivity index (χ1v) is 7.34. The van der Waals surface area contributed by atoms with E-state index in [9.17, 15) is 14.3 Å². The Balaban J connectivity index is 1.62. The zero-order valence-electron chi connectivity index (χ0n) is 11.7. The van der Waals surface area contributed by atoms with E-state index in [0.717, 1.165) is 35.7 Å². The largest absolute Gasteiger partial charge is 0.393 e. The fraction of sp³-hybridized carbons (Fsp3) is 0.438. The lowest BCUT2D eigenvalue weighted by molar-refractivity contribution is -0.120. The van der Waals surface area contributed by atoms with Crippen LogP contribution < -0.4 is 5.32 Å². The van der Waals surface area contributed by atoms with Gasteiger partial charge in [-0.15, -0.1) is 0 Å². The molecule has 0 aliphatic heterocycles. The molecular weight excluding hydrogens is 271 g/mol. The SMILES string of the molecule is O=C(Cc1c[nH]c2ccc(F)cc12)NCC1CCCC1O. The molecule has 2 atom stereocenters. The normalized spacial score (nSPS) is 21.8. The zero-order valence-corrected chi connectivity index (χ0v) is 11.7. The minimum atomic E-state index is -0.308. The van der Waals surface area contributed by atoms with E-state index in [4.69, 9.17) is 0 Å². The van der Waals surface area contributed by atoms with Gasteiger partial charge < -0.3 is 15.4 Å². The highest BCUT2D eigenvalue weighted by Crippen LogP contribution is 2.25. The van der Waals surface area contributed by atoms with Crippen molar-refractivity contribution in [3.63, 3.8) is 0 Å². The number of halogens is 1. The summed E-state index contributed by atoms with van der Waals surface area (Å²) < 4.78 is 13.3. The van der Waals surface area contributed by atoms with Crippen molar-refractivity contribution in [3.05, 3.63) is 35.8 Å². The third-order valence-corrected chi connectivity index (χ3v) is 4.26. The number of aromatic amines is 1. The summed E-state index contributed by atoms with van der Waals surface area (Å²) in [5, 5.41) is 13.3. The van der Waals surface area contributed by atoms with Crippen LogP contribution in [0.3, 0.4) is 0 Å². The minimum Gasteiger partial charge on any atom is -0.393 e. The maximum absolute atomic E-state index is 13.3.